The molecule has 1 heterocycles. The number of hydrogen-bond donors (Lipinski definition) is 2. The molecular formula is C13H26N2O3. The molecule has 0 aromatic rings. The van der Waals surface area contributed by atoms with E-state index in [0.29, 0.717) is 13.2 Å². The van der Waals surface area contributed by atoms with Crippen molar-refractivity contribution in [1.82, 2.24) is 10.2 Å². The Labute approximate surface area is 109 Å². The van der Waals surface area contributed by atoms with Crippen LogP contribution in [0.1, 0.15) is 33.6 Å². The van der Waals surface area contributed by atoms with E-state index < -0.39 is 0 Å². The van der Waals surface area contributed by atoms with Gasteiger partial charge in [-0.25, -0.2) is 0 Å². The van der Waals surface area contributed by atoms with E-state index >= 15 is 0 Å². The number of carbonyl (C=O) groups is 1. The maximum absolute atomic E-state index is 12.0. The number of nitrogens with one attached hydrogen (secondary N) is 1. The monoisotopic (exact) mass is 258 g/mol. The highest BCUT2D eigenvalue weighted by molar-refractivity contribution is 5.81. The number of amides is 1. The molecule has 1 fully saturated rings. The SMILES string of the molecule is CCCCNC(=O)C(C)N1CC(CO)OCC1C. The number of ether oxygens (including phenoxy) is 1. The first kappa shape index (κ1) is 15.4. The summed E-state index contributed by atoms with van der Waals surface area (Å²) in [6.07, 6.45) is 1.91. The van der Waals surface area contributed by atoms with E-state index in [9.17, 15) is 4.79 Å². The van der Waals surface area contributed by atoms with E-state index in [0.717, 1.165) is 19.4 Å². The van der Waals surface area contributed by atoms with Gasteiger partial charge in [-0.2, -0.15) is 0 Å². The van der Waals surface area contributed by atoms with E-state index in [4.69, 9.17) is 9.84 Å². The van der Waals surface area contributed by atoms with Crippen LogP contribution in [0.2, 0.25) is 0 Å². The molecule has 0 radical (unpaired) electrons. The highest BCUT2D eigenvalue weighted by Gasteiger charge is 2.31. The third kappa shape index (κ3) is 4.23. The standard InChI is InChI=1S/C13H26N2O3/c1-4-5-6-14-13(17)11(3)15-7-12(8-16)18-9-10(15)2/h10-12,16H,4-9H2,1-3H3,(H,14,17). The van der Waals surface area contributed by atoms with Crippen LogP contribution in [0.4, 0.5) is 0 Å². The average molecular weight is 258 g/mol. The Morgan fingerprint density at radius 3 is 2.94 bits per heavy atom. The zero-order valence-electron chi connectivity index (χ0n) is 11.7. The summed E-state index contributed by atoms with van der Waals surface area (Å²) in [5.74, 6) is 0.0638. The lowest BCUT2D eigenvalue weighted by Gasteiger charge is -2.40. The molecule has 1 aliphatic rings. The average Bonchev–Trinajstić information content (AvgIpc) is 2.38. The third-order valence-electron chi connectivity index (χ3n) is 3.46. The maximum Gasteiger partial charge on any atom is 0.237 e. The van der Waals surface area contributed by atoms with Gasteiger partial charge in [-0.05, 0) is 20.3 Å². The minimum absolute atomic E-state index is 0.00734. The van der Waals surface area contributed by atoms with E-state index in [1.54, 1.807) is 0 Å². The van der Waals surface area contributed by atoms with Crippen molar-refractivity contribution in [3.05, 3.63) is 0 Å². The number of nitrogens with zero attached hydrogens (tertiary/aromatic N) is 1. The van der Waals surface area contributed by atoms with Crippen LogP contribution in [0, 0.1) is 0 Å². The van der Waals surface area contributed by atoms with Crippen molar-refractivity contribution in [2.45, 2.75) is 51.8 Å². The van der Waals surface area contributed by atoms with Crippen molar-refractivity contribution in [1.29, 1.82) is 0 Å². The van der Waals surface area contributed by atoms with Crippen LogP contribution in [0.5, 0.6) is 0 Å². The first-order chi connectivity index (χ1) is 8.60. The van der Waals surface area contributed by atoms with E-state index in [1.807, 2.05) is 13.8 Å². The molecule has 1 saturated heterocycles. The van der Waals surface area contributed by atoms with Gasteiger partial charge in [-0.1, -0.05) is 13.3 Å². The molecule has 0 bridgehead atoms. The fraction of sp³-hybridized carbons (Fsp3) is 0.923. The van der Waals surface area contributed by atoms with Crippen LogP contribution in [-0.4, -0.2) is 60.4 Å². The Kier molecular flexibility index (Phi) is 6.60. The quantitative estimate of drug-likeness (QED) is 0.676. The number of aliphatic hydroxyl groups excluding tert-OH is 1. The Hall–Kier alpha value is -0.650. The van der Waals surface area contributed by atoms with E-state index in [-0.39, 0.29) is 30.7 Å². The Morgan fingerprint density at radius 1 is 1.61 bits per heavy atom. The van der Waals surface area contributed by atoms with Gasteiger partial charge >= 0.3 is 0 Å². The predicted molar refractivity (Wildman–Crippen MR) is 70.4 cm³/mol. The first-order valence-corrected chi connectivity index (χ1v) is 6.86. The zero-order valence-corrected chi connectivity index (χ0v) is 11.7. The van der Waals surface area contributed by atoms with Gasteiger partial charge in [-0.15, -0.1) is 0 Å². The summed E-state index contributed by atoms with van der Waals surface area (Å²) in [5, 5.41) is 12.1. The van der Waals surface area contributed by atoms with Crippen molar-refractivity contribution in [2.24, 2.45) is 0 Å². The zero-order chi connectivity index (χ0) is 13.5. The minimum atomic E-state index is -0.174. The van der Waals surface area contributed by atoms with Crippen molar-refractivity contribution < 1.29 is 14.6 Å². The number of carbonyl (C=O) groups excluding carboxylic acids is 1. The van der Waals surface area contributed by atoms with Gasteiger partial charge in [0.05, 0.1) is 25.4 Å². The summed E-state index contributed by atoms with van der Waals surface area (Å²) < 4.78 is 5.47. The highest BCUT2D eigenvalue weighted by Crippen LogP contribution is 2.15. The number of rotatable bonds is 6. The molecule has 3 unspecified atom stereocenters. The second-order valence-electron chi connectivity index (χ2n) is 5.00. The number of morpholine rings is 1. The van der Waals surface area contributed by atoms with Crippen LogP contribution in [0.25, 0.3) is 0 Å². The fourth-order valence-electron chi connectivity index (χ4n) is 2.18. The van der Waals surface area contributed by atoms with Gasteiger partial charge in [0.2, 0.25) is 5.91 Å². The second kappa shape index (κ2) is 7.71. The predicted octanol–water partition coefficient (Wildman–Crippen LogP) is 0.373. The summed E-state index contributed by atoms with van der Waals surface area (Å²) in [5.41, 5.74) is 0. The van der Waals surface area contributed by atoms with Crippen LogP contribution in [0.3, 0.4) is 0 Å². The van der Waals surface area contributed by atoms with Gasteiger partial charge < -0.3 is 15.2 Å². The fourth-order valence-corrected chi connectivity index (χ4v) is 2.18. The Morgan fingerprint density at radius 2 is 2.33 bits per heavy atom. The Bertz CT molecular complexity index is 261. The summed E-state index contributed by atoms with van der Waals surface area (Å²) >= 11 is 0. The molecule has 0 aromatic carbocycles. The third-order valence-corrected chi connectivity index (χ3v) is 3.46. The van der Waals surface area contributed by atoms with Gasteiger partial charge in [-0.3, -0.25) is 9.69 Å². The first-order valence-electron chi connectivity index (χ1n) is 6.86. The van der Waals surface area contributed by atoms with Crippen molar-refractivity contribution in [3.63, 3.8) is 0 Å². The second-order valence-corrected chi connectivity index (χ2v) is 5.00. The lowest BCUT2D eigenvalue weighted by atomic mass is 10.1. The largest absolute Gasteiger partial charge is 0.394 e. The Balaban J connectivity index is 2.47. The molecule has 0 aromatic heterocycles. The molecule has 2 N–H and O–H groups in total. The molecule has 18 heavy (non-hydrogen) atoms. The highest BCUT2D eigenvalue weighted by atomic mass is 16.5. The van der Waals surface area contributed by atoms with Gasteiger partial charge in [0, 0.05) is 19.1 Å². The summed E-state index contributed by atoms with van der Waals surface area (Å²) in [6.45, 7) is 7.99. The summed E-state index contributed by atoms with van der Waals surface area (Å²) in [6, 6.07) is 0.0366. The topological polar surface area (TPSA) is 61.8 Å². The molecule has 0 saturated carbocycles. The van der Waals surface area contributed by atoms with Crippen LogP contribution in [0.15, 0.2) is 0 Å². The minimum Gasteiger partial charge on any atom is -0.394 e. The summed E-state index contributed by atoms with van der Waals surface area (Å²) in [7, 11) is 0. The van der Waals surface area contributed by atoms with Crippen molar-refractivity contribution in [3.8, 4) is 0 Å². The molecule has 0 aliphatic carbocycles. The molecule has 1 rings (SSSR count). The number of hydrogen-bond acceptors (Lipinski definition) is 4. The summed E-state index contributed by atoms with van der Waals surface area (Å²) in [4.78, 5) is 14.1. The smallest absolute Gasteiger partial charge is 0.237 e. The number of aliphatic hydroxyl groups is 1. The van der Waals surface area contributed by atoms with E-state index in [2.05, 4.69) is 17.1 Å². The molecule has 106 valence electrons. The molecule has 1 amide bonds. The lowest BCUT2D eigenvalue weighted by molar-refractivity contribution is -0.134. The molecule has 1 aliphatic heterocycles. The molecule has 3 atom stereocenters. The van der Waals surface area contributed by atoms with Crippen molar-refractivity contribution >= 4 is 5.91 Å². The molecular weight excluding hydrogens is 232 g/mol. The molecule has 5 heteroatoms. The molecule has 5 nitrogen and oxygen atoms in total. The lowest BCUT2D eigenvalue weighted by Crippen LogP contribution is -2.57. The van der Waals surface area contributed by atoms with Gasteiger partial charge in [0.15, 0.2) is 0 Å². The van der Waals surface area contributed by atoms with Crippen LogP contribution in [-0.2, 0) is 9.53 Å². The van der Waals surface area contributed by atoms with Gasteiger partial charge in [0.25, 0.3) is 0 Å². The van der Waals surface area contributed by atoms with Crippen molar-refractivity contribution in [2.75, 3.05) is 26.3 Å². The van der Waals surface area contributed by atoms with Crippen LogP contribution < -0.4 is 5.32 Å². The maximum atomic E-state index is 12.0. The van der Waals surface area contributed by atoms with Gasteiger partial charge in [0.1, 0.15) is 0 Å². The molecule has 0 spiro atoms. The normalized spacial score (nSPS) is 26.9. The van der Waals surface area contributed by atoms with E-state index in [1.165, 1.54) is 0 Å². The van der Waals surface area contributed by atoms with Crippen LogP contribution >= 0.6 is 0 Å². The number of unbranched alkanes of at least 4 members (excludes halogenated alkanes) is 1.